The minimum absolute atomic E-state index is 0.129. The largest absolute Gasteiger partial charge is 0.353 e. The maximum absolute atomic E-state index is 13.0. The van der Waals surface area contributed by atoms with Gasteiger partial charge in [0.05, 0.1) is 0 Å². The molecule has 0 spiro atoms. The van der Waals surface area contributed by atoms with E-state index < -0.39 is 0 Å². The predicted molar refractivity (Wildman–Crippen MR) is 132 cm³/mol. The van der Waals surface area contributed by atoms with Crippen molar-refractivity contribution >= 4 is 11.8 Å². The molecule has 0 unspecified atom stereocenters. The third kappa shape index (κ3) is 6.97. The normalized spacial score (nSPS) is 32.1. The van der Waals surface area contributed by atoms with Gasteiger partial charge in [-0.15, -0.1) is 0 Å². The molecule has 3 aliphatic rings. The van der Waals surface area contributed by atoms with Crippen LogP contribution >= 0.6 is 0 Å². The Balaban J connectivity index is 1.46. The van der Waals surface area contributed by atoms with E-state index in [1.54, 1.807) is 0 Å². The predicted octanol–water partition coefficient (Wildman–Crippen LogP) is 6.24. The van der Waals surface area contributed by atoms with Crippen LogP contribution in [0, 0.1) is 33.5 Å². The van der Waals surface area contributed by atoms with Gasteiger partial charge >= 0.3 is 0 Å². The summed E-state index contributed by atoms with van der Waals surface area (Å²) in [6.07, 6.45) is 10.2. The van der Waals surface area contributed by atoms with Crippen molar-refractivity contribution in [2.24, 2.45) is 33.5 Å². The third-order valence-corrected chi connectivity index (χ3v) is 8.27. The summed E-state index contributed by atoms with van der Waals surface area (Å²) in [4.78, 5) is 26.1. The first-order chi connectivity index (χ1) is 14.5. The molecule has 0 saturated heterocycles. The second-order valence-corrected chi connectivity index (χ2v) is 14.8. The summed E-state index contributed by atoms with van der Waals surface area (Å²) in [6, 6.07) is 0.521. The van der Waals surface area contributed by atoms with E-state index >= 15 is 0 Å². The van der Waals surface area contributed by atoms with Gasteiger partial charge in [0.25, 0.3) is 0 Å². The molecular formula is C28H50N2O2. The minimum Gasteiger partial charge on any atom is -0.353 e. The summed E-state index contributed by atoms with van der Waals surface area (Å²) in [5, 5.41) is 6.74. The second kappa shape index (κ2) is 8.95. The summed E-state index contributed by atoms with van der Waals surface area (Å²) < 4.78 is 0. The lowest BCUT2D eigenvalue weighted by molar-refractivity contribution is -0.131. The van der Waals surface area contributed by atoms with Crippen LogP contribution in [0.2, 0.25) is 0 Å². The summed E-state index contributed by atoms with van der Waals surface area (Å²) in [5.41, 5.74) is 0.920. The van der Waals surface area contributed by atoms with Crippen molar-refractivity contribution in [3.63, 3.8) is 0 Å². The Morgan fingerprint density at radius 3 is 1.03 bits per heavy atom. The molecule has 0 aromatic heterocycles. The Morgan fingerprint density at radius 2 is 0.781 bits per heavy atom. The smallest absolute Gasteiger partial charge is 0.223 e. The Kier molecular flexibility index (Phi) is 7.15. The van der Waals surface area contributed by atoms with E-state index in [0.717, 1.165) is 51.4 Å². The van der Waals surface area contributed by atoms with Crippen molar-refractivity contribution in [2.75, 3.05) is 0 Å². The number of hydrogen-bond acceptors (Lipinski definition) is 2. The van der Waals surface area contributed by atoms with Gasteiger partial charge in [-0.05, 0) is 85.9 Å². The summed E-state index contributed by atoms with van der Waals surface area (Å²) in [7, 11) is 0. The first-order valence-corrected chi connectivity index (χ1v) is 13.2. The molecular weight excluding hydrogens is 396 g/mol. The van der Waals surface area contributed by atoms with Gasteiger partial charge in [-0.1, -0.05) is 55.4 Å². The summed E-state index contributed by atoms with van der Waals surface area (Å²) in [5.74, 6) is 0.767. The molecule has 4 heteroatoms. The molecule has 0 atom stereocenters. The highest BCUT2D eigenvalue weighted by Crippen LogP contribution is 2.49. The summed E-state index contributed by atoms with van der Waals surface area (Å²) >= 11 is 0. The number of carbonyl (C=O) groups excluding carboxylic acids is 2. The van der Waals surface area contributed by atoms with Crippen molar-refractivity contribution in [1.82, 2.24) is 10.6 Å². The van der Waals surface area contributed by atoms with Gasteiger partial charge in [0.1, 0.15) is 0 Å². The van der Waals surface area contributed by atoms with Crippen molar-refractivity contribution in [3.05, 3.63) is 0 Å². The van der Waals surface area contributed by atoms with E-state index in [2.05, 4.69) is 66.0 Å². The van der Waals surface area contributed by atoms with Crippen LogP contribution in [0.25, 0.3) is 0 Å². The molecule has 3 rings (SSSR count). The second-order valence-electron chi connectivity index (χ2n) is 14.8. The van der Waals surface area contributed by atoms with Crippen LogP contribution in [0.1, 0.15) is 120 Å². The van der Waals surface area contributed by atoms with E-state index in [1.807, 2.05) is 0 Å². The molecule has 2 amide bonds. The van der Waals surface area contributed by atoms with E-state index in [9.17, 15) is 9.59 Å². The zero-order valence-corrected chi connectivity index (χ0v) is 22.2. The first kappa shape index (κ1) is 25.6. The van der Waals surface area contributed by atoms with Crippen molar-refractivity contribution < 1.29 is 9.59 Å². The average molecular weight is 447 g/mol. The van der Waals surface area contributed by atoms with Gasteiger partial charge in [0.2, 0.25) is 11.8 Å². The molecule has 2 N–H and O–H groups in total. The number of rotatable bonds is 4. The number of amides is 2. The molecule has 184 valence electrons. The van der Waals surface area contributed by atoms with Crippen molar-refractivity contribution in [3.8, 4) is 0 Å². The van der Waals surface area contributed by atoms with Crippen LogP contribution < -0.4 is 10.6 Å². The molecule has 32 heavy (non-hydrogen) atoms. The van der Waals surface area contributed by atoms with E-state index in [1.165, 1.54) is 12.8 Å². The van der Waals surface area contributed by atoms with E-state index in [4.69, 9.17) is 0 Å². The SMILES string of the molecule is CC1(C)CC(C(=O)NC2CCC(NC(=O)C3CC(C)(C)CC(C)(C)C3)CC2)CC(C)(C)C1. The molecule has 0 radical (unpaired) electrons. The van der Waals surface area contributed by atoms with Gasteiger partial charge < -0.3 is 10.6 Å². The Bertz CT molecular complexity index is 606. The van der Waals surface area contributed by atoms with Gasteiger partial charge in [-0.2, -0.15) is 0 Å². The number of carbonyl (C=O) groups is 2. The number of hydrogen-bond donors (Lipinski definition) is 2. The van der Waals surface area contributed by atoms with Crippen LogP contribution in [0.3, 0.4) is 0 Å². The Morgan fingerprint density at radius 1 is 0.531 bits per heavy atom. The Hall–Kier alpha value is -1.06. The van der Waals surface area contributed by atoms with Crippen molar-refractivity contribution in [2.45, 2.75) is 132 Å². The van der Waals surface area contributed by atoms with Gasteiger partial charge in [0, 0.05) is 23.9 Å². The van der Waals surface area contributed by atoms with Crippen LogP contribution in [-0.4, -0.2) is 23.9 Å². The maximum Gasteiger partial charge on any atom is 0.223 e. The quantitative estimate of drug-likeness (QED) is 0.537. The van der Waals surface area contributed by atoms with E-state index in [0.29, 0.717) is 0 Å². The van der Waals surface area contributed by atoms with Gasteiger partial charge in [-0.25, -0.2) is 0 Å². The molecule has 4 nitrogen and oxygen atoms in total. The molecule has 0 aromatic carbocycles. The summed E-state index contributed by atoms with van der Waals surface area (Å²) in [6.45, 7) is 18.4. The molecule has 0 bridgehead atoms. The van der Waals surface area contributed by atoms with Crippen LogP contribution in [0.15, 0.2) is 0 Å². The van der Waals surface area contributed by atoms with Crippen LogP contribution in [-0.2, 0) is 9.59 Å². The molecule has 0 heterocycles. The molecule has 0 aromatic rings. The van der Waals surface area contributed by atoms with E-state index in [-0.39, 0.29) is 57.4 Å². The molecule has 3 fully saturated rings. The zero-order valence-electron chi connectivity index (χ0n) is 22.2. The van der Waals surface area contributed by atoms with Crippen LogP contribution in [0.5, 0.6) is 0 Å². The first-order valence-electron chi connectivity index (χ1n) is 13.2. The molecule has 3 aliphatic carbocycles. The zero-order chi connectivity index (χ0) is 23.9. The fourth-order valence-electron chi connectivity index (χ4n) is 8.08. The third-order valence-electron chi connectivity index (χ3n) is 8.27. The number of nitrogens with one attached hydrogen (secondary N) is 2. The highest BCUT2D eigenvalue weighted by molar-refractivity contribution is 5.80. The lowest BCUT2D eigenvalue weighted by Gasteiger charge is -2.45. The highest BCUT2D eigenvalue weighted by atomic mass is 16.2. The monoisotopic (exact) mass is 446 g/mol. The van der Waals surface area contributed by atoms with Crippen LogP contribution in [0.4, 0.5) is 0 Å². The lowest BCUT2D eigenvalue weighted by atomic mass is 9.61. The van der Waals surface area contributed by atoms with Gasteiger partial charge in [-0.3, -0.25) is 9.59 Å². The van der Waals surface area contributed by atoms with Crippen molar-refractivity contribution in [1.29, 1.82) is 0 Å². The van der Waals surface area contributed by atoms with Gasteiger partial charge in [0.15, 0.2) is 0 Å². The average Bonchev–Trinajstić information content (AvgIpc) is 2.58. The highest BCUT2D eigenvalue weighted by Gasteiger charge is 2.43. The fraction of sp³-hybridized carbons (Fsp3) is 0.929. The molecule has 3 saturated carbocycles. The fourth-order valence-corrected chi connectivity index (χ4v) is 8.08. The molecule has 0 aliphatic heterocycles. The topological polar surface area (TPSA) is 58.2 Å². The minimum atomic E-state index is 0.129. The maximum atomic E-state index is 13.0. The lowest BCUT2D eigenvalue weighted by Crippen LogP contribution is -2.49. The standard InChI is InChI=1S/C28H50N2O2/c1-25(2)13-19(14-26(3,4)17-25)23(31)29-21-9-11-22(12-10-21)30-24(32)20-15-27(5,6)18-28(7,8)16-20/h19-22H,9-18H2,1-8H3,(H,29,31)(H,30,32). The Labute approximate surface area is 197 Å².